The summed E-state index contributed by atoms with van der Waals surface area (Å²) in [5.74, 6) is -3.43. The minimum Gasteiger partial charge on any atom is -0.481 e. The summed E-state index contributed by atoms with van der Waals surface area (Å²) in [4.78, 5) is 37.6. The minimum absolute atomic E-state index is 0.166. The highest BCUT2D eigenvalue weighted by atomic mass is 16.4. The van der Waals surface area contributed by atoms with Crippen LogP contribution in [0, 0.1) is 23.2 Å². The van der Waals surface area contributed by atoms with Crippen molar-refractivity contribution in [3.05, 3.63) is 35.9 Å². The molecule has 3 unspecified atom stereocenters. The molecule has 0 spiro atoms. The number of nitrogens with zero attached hydrogens (tertiary/aromatic N) is 1. The average Bonchev–Trinajstić information content (AvgIpc) is 3.11. The van der Waals surface area contributed by atoms with Crippen LogP contribution in [0.2, 0.25) is 0 Å². The number of imide groups is 1. The largest absolute Gasteiger partial charge is 0.481 e. The Morgan fingerprint density at radius 3 is 2.38 bits per heavy atom. The van der Waals surface area contributed by atoms with E-state index in [0.29, 0.717) is 0 Å². The second-order valence-electron chi connectivity index (χ2n) is 6.10. The lowest BCUT2D eigenvalue weighted by Crippen LogP contribution is -2.39. The van der Waals surface area contributed by atoms with E-state index in [4.69, 9.17) is 0 Å². The van der Waals surface area contributed by atoms with Crippen molar-refractivity contribution in [2.24, 2.45) is 23.2 Å². The molecule has 5 nitrogen and oxygen atoms in total. The van der Waals surface area contributed by atoms with E-state index >= 15 is 0 Å². The lowest BCUT2D eigenvalue weighted by Gasteiger charge is -2.23. The van der Waals surface area contributed by atoms with Crippen LogP contribution in [0.15, 0.2) is 30.3 Å². The van der Waals surface area contributed by atoms with Gasteiger partial charge in [0, 0.05) is 0 Å². The van der Waals surface area contributed by atoms with E-state index in [-0.39, 0.29) is 24.3 Å². The van der Waals surface area contributed by atoms with E-state index in [2.05, 4.69) is 0 Å². The maximum absolute atomic E-state index is 12.7. The summed E-state index contributed by atoms with van der Waals surface area (Å²) < 4.78 is 0. The predicted molar refractivity (Wildman–Crippen MR) is 73.9 cm³/mol. The first-order valence-electron chi connectivity index (χ1n) is 7.05. The van der Waals surface area contributed by atoms with Crippen molar-refractivity contribution >= 4 is 17.8 Å². The number of carboxylic acid groups (broad SMARTS) is 1. The lowest BCUT2D eigenvalue weighted by molar-refractivity contribution is -0.151. The molecule has 1 N–H and O–H groups in total. The van der Waals surface area contributed by atoms with Gasteiger partial charge in [-0.05, 0) is 11.5 Å². The van der Waals surface area contributed by atoms with Crippen LogP contribution in [0.4, 0.5) is 0 Å². The molecule has 1 saturated heterocycles. The topological polar surface area (TPSA) is 74.7 Å². The van der Waals surface area contributed by atoms with E-state index in [9.17, 15) is 19.5 Å². The lowest BCUT2D eigenvalue weighted by atomic mass is 9.88. The standard InChI is InChI=1S/C16H17NO4/c1-9(2)16-11(12(16)14(19)20)13(18)17(15(16)21)8-10-6-4-3-5-7-10/h3-7,9,11-12H,8H2,1-2H3,(H,19,20). The zero-order valence-electron chi connectivity index (χ0n) is 11.9. The summed E-state index contributed by atoms with van der Waals surface area (Å²) >= 11 is 0. The Balaban J connectivity index is 1.90. The van der Waals surface area contributed by atoms with Gasteiger partial charge in [0.25, 0.3) is 0 Å². The molecular weight excluding hydrogens is 270 g/mol. The average molecular weight is 287 g/mol. The number of rotatable bonds is 4. The van der Waals surface area contributed by atoms with Crippen LogP contribution in [0.25, 0.3) is 0 Å². The fourth-order valence-electron chi connectivity index (χ4n) is 3.75. The van der Waals surface area contributed by atoms with Crippen LogP contribution in [0.1, 0.15) is 19.4 Å². The van der Waals surface area contributed by atoms with Gasteiger partial charge in [-0.15, -0.1) is 0 Å². The van der Waals surface area contributed by atoms with Crippen molar-refractivity contribution in [1.82, 2.24) is 4.90 Å². The van der Waals surface area contributed by atoms with Gasteiger partial charge >= 0.3 is 5.97 Å². The summed E-state index contributed by atoms with van der Waals surface area (Å²) in [6.45, 7) is 3.84. The molecule has 0 aromatic heterocycles. The monoisotopic (exact) mass is 287 g/mol. The Labute approximate surface area is 122 Å². The maximum atomic E-state index is 12.7. The van der Waals surface area contributed by atoms with Crippen molar-refractivity contribution in [2.75, 3.05) is 0 Å². The molecule has 3 atom stereocenters. The van der Waals surface area contributed by atoms with Crippen LogP contribution in [0.5, 0.6) is 0 Å². The quantitative estimate of drug-likeness (QED) is 0.852. The van der Waals surface area contributed by atoms with E-state index < -0.39 is 23.2 Å². The van der Waals surface area contributed by atoms with Crippen molar-refractivity contribution < 1.29 is 19.5 Å². The van der Waals surface area contributed by atoms with Crippen LogP contribution < -0.4 is 0 Å². The Kier molecular flexibility index (Phi) is 2.90. The zero-order chi connectivity index (χ0) is 15.4. The predicted octanol–water partition coefficient (Wildman–Crippen LogP) is 1.53. The van der Waals surface area contributed by atoms with Gasteiger partial charge in [-0.3, -0.25) is 19.3 Å². The molecule has 1 aromatic carbocycles. The van der Waals surface area contributed by atoms with E-state index in [0.717, 1.165) is 5.56 Å². The second-order valence-corrected chi connectivity index (χ2v) is 6.10. The number of piperidine rings is 1. The molecule has 2 aliphatic rings. The van der Waals surface area contributed by atoms with Crippen LogP contribution in [-0.4, -0.2) is 27.8 Å². The number of carbonyl (C=O) groups is 3. The van der Waals surface area contributed by atoms with Gasteiger partial charge in [-0.2, -0.15) is 0 Å². The molecule has 1 heterocycles. The highest BCUT2D eigenvalue weighted by Crippen LogP contribution is 2.68. The highest BCUT2D eigenvalue weighted by Gasteiger charge is 2.82. The van der Waals surface area contributed by atoms with Crippen LogP contribution in [-0.2, 0) is 20.9 Å². The molecule has 2 amide bonds. The molecule has 1 aliphatic carbocycles. The Morgan fingerprint density at radius 2 is 1.90 bits per heavy atom. The summed E-state index contributed by atoms with van der Waals surface area (Å²) in [7, 11) is 0. The van der Waals surface area contributed by atoms with E-state index in [1.165, 1.54) is 4.90 Å². The summed E-state index contributed by atoms with van der Waals surface area (Å²) in [6, 6.07) is 9.26. The number of carbonyl (C=O) groups excluding carboxylic acids is 2. The maximum Gasteiger partial charge on any atom is 0.308 e. The molecule has 110 valence electrons. The molecule has 5 heteroatoms. The molecule has 3 rings (SSSR count). The SMILES string of the molecule is CC(C)C12C(=O)N(Cc3ccccc3)C(=O)C1C2C(=O)O. The molecule has 2 fully saturated rings. The van der Waals surface area contributed by atoms with Gasteiger partial charge < -0.3 is 5.11 Å². The van der Waals surface area contributed by atoms with Crippen LogP contribution >= 0.6 is 0 Å². The summed E-state index contributed by atoms with van der Waals surface area (Å²) in [5, 5.41) is 9.26. The molecule has 1 saturated carbocycles. The van der Waals surface area contributed by atoms with Crippen molar-refractivity contribution in [3.8, 4) is 0 Å². The first-order valence-corrected chi connectivity index (χ1v) is 7.05. The van der Waals surface area contributed by atoms with Crippen molar-refractivity contribution in [2.45, 2.75) is 20.4 Å². The fourth-order valence-corrected chi connectivity index (χ4v) is 3.75. The minimum atomic E-state index is -1.05. The van der Waals surface area contributed by atoms with Crippen molar-refractivity contribution in [1.29, 1.82) is 0 Å². The van der Waals surface area contributed by atoms with Crippen molar-refractivity contribution in [3.63, 3.8) is 0 Å². The number of likely N-dealkylation sites (tertiary alicyclic amines) is 1. The molecule has 0 radical (unpaired) electrons. The first-order chi connectivity index (χ1) is 9.92. The third-order valence-corrected chi connectivity index (χ3v) is 4.81. The Bertz CT molecular complexity index is 624. The number of hydrogen-bond donors (Lipinski definition) is 1. The second kappa shape index (κ2) is 4.41. The van der Waals surface area contributed by atoms with Gasteiger partial charge in [0.2, 0.25) is 11.8 Å². The fraction of sp³-hybridized carbons (Fsp3) is 0.438. The number of hydrogen-bond acceptors (Lipinski definition) is 3. The smallest absolute Gasteiger partial charge is 0.308 e. The van der Waals surface area contributed by atoms with Gasteiger partial charge in [-0.25, -0.2) is 0 Å². The Morgan fingerprint density at radius 1 is 1.29 bits per heavy atom. The van der Waals surface area contributed by atoms with Crippen LogP contribution in [0.3, 0.4) is 0 Å². The molecular formula is C16H17NO4. The van der Waals surface area contributed by atoms with E-state index in [1.807, 2.05) is 44.2 Å². The number of benzene rings is 1. The van der Waals surface area contributed by atoms with E-state index in [1.54, 1.807) is 0 Å². The molecule has 1 aliphatic heterocycles. The van der Waals surface area contributed by atoms with Gasteiger partial charge in [0.05, 0.1) is 23.8 Å². The molecule has 0 bridgehead atoms. The van der Waals surface area contributed by atoms with Gasteiger partial charge in [0.15, 0.2) is 0 Å². The number of aliphatic carboxylic acids is 1. The zero-order valence-corrected chi connectivity index (χ0v) is 11.9. The third-order valence-electron chi connectivity index (χ3n) is 4.81. The number of fused-ring (bicyclic) bond motifs is 1. The highest BCUT2D eigenvalue weighted by molar-refractivity contribution is 6.16. The third kappa shape index (κ3) is 1.66. The molecule has 21 heavy (non-hydrogen) atoms. The first kappa shape index (κ1) is 13.8. The number of amides is 2. The van der Waals surface area contributed by atoms with Gasteiger partial charge in [-0.1, -0.05) is 44.2 Å². The Hall–Kier alpha value is -2.17. The molecule has 1 aromatic rings. The normalized spacial score (nSPS) is 30.7. The summed E-state index contributed by atoms with van der Waals surface area (Å²) in [5.41, 5.74) is -0.163. The number of carboxylic acids is 1. The summed E-state index contributed by atoms with van der Waals surface area (Å²) in [6.07, 6.45) is 0. The van der Waals surface area contributed by atoms with Gasteiger partial charge in [0.1, 0.15) is 0 Å².